The number of ketones is 1. The average Bonchev–Trinajstić information content (AvgIpc) is 2.49. The number of carbonyl (C=O) groups is 2. The van der Waals surface area contributed by atoms with Gasteiger partial charge in [-0.25, -0.2) is 0 Å². The summed E-state index contributed by atoms with van der Waals surface area (Å²) in [5.41, 5.74) is 2.38. The number of benzene rings is 1. The molecule has 1 aromatic carbocycles. The molecule has 0 unspecified atom stereocenters. The quantitative estimate of drug-likeness (QED) is 0.449. The Labute approximate surface area is 140 Å². The molecule has 0 aliphatic carbocycles. The molecule has 5 nitrogen and oxygen atoms in total. The minimum Gasteiger partial charge on any atom is -0.458 e. The lowest BCUT2D eigenvalue weighted by Crippen LogP contribution is -2.25. The van der Waals surface area contributed by atoms with Crippen molar-refractivity contribution in [2.24, 2.45) is 5.92 Å². The molecule has 1 N–H and O–H groups in total. The van der Waals surface area contributed by atoms with Gasteiger partial charge in [0.05, 0.1) is 12.5 Å². The third-order valence-corrected chi connectivity index (χ3v) is 4.31. The van der Waals surface area contributed by atoms with Crippen LogP contribution in [0.15, 0.2) is 23.1 Å². The number of hydrogen-bond donors (Lipinski definition) is 1. The molecule has 0 saturated heterocycles. The van der Waals surface area contributed by atoms with Gasteiger partial charge < -0.3 is 10.1 Å². The minimum atomic E-state index is -1.13. The number of hydrogen-bond acceptors (Lipinski definition) is 6. The minimum absolute atomic E-state index is 0.0427. The van der Waals surface area contributed by atoms with Gasteiger partial charge in [-0.3, -0.25) is 9.59 Å². The summed E-state index contributed by atoms with van der Waals surface area (Å²) in [5.74, 6) is -1.61. The van der Waals surface area contributed by atoms with Crippen molar-refractivity contribution in [3.63, 3.8) is 0 Å². The van der Waals surface area contributed by atoms with Gasteiger partial charge in [-0.05, 0) is 44.0 Å². The highest BCUT2D eigenvalue weighted by Gasteiger charge is 2.21. The summed E-state index contributed by atoms with van der Waals surface area (Å²) >= 11 is 1.55. The molecule has 0 spiro atoms. The van der Waals surface area contributed by atoms with Crippen molar-refractivity contribution < 1.29 is 14.3 Å². The van der Waals surface area contributed by atoms with Gasteiger partial charge >= 0.3 is 5.97 Å². The molecule has 122 valence electrons. The van der Waals surface area contributed by atoms with E-state index in [-0.39, 0.29) is 12.1 Å². The lowest BCUT2D eigenvalue weighted by atomic mass is 10.0. The Balaban J connectivity index is 2.35. The molecule has 0 fully saturated rings. The number of thioether (sulfide) groups is 1. The number of esters is 1. The Hall–Kier alpha value is -2.13. The fourth-order valence-electron chi connectivity index (χ4n) is 1.77. The number of ether oxygens (including phenoxy) is 1. The molecule has 0 heterocycles. The molecule has 0 radical (unpaired) electrons. The van der Waals surface area contributed by atoms with Crippen LogP contribution in [-0.2, 0) is 14.3 Å². The molecule has 0 amide bonds. The highest BCUT2D eigenvalue weighted by molar-refractivity contribution is 7.99. The Morgan fingerprint density at radius 1 is 1.35 bits per heavy atom. The van der Waals surface area contributed by atoms with Crippen LogP contribution in [0.25, 0.3) is 0 Å². The van der Waals surface area contributed by atoms with Crippen LogP contribution in [0.2, 0.25) is 0 Å². The molecule has 1 rings (SSSR count). The van der Waals surface area contributed by atoms with Gasteiger partial charge in [-0.2, -0.15) is 5.26 Å². The van der Waals surface area contributed by atoms with Gasteiger partial charge in [0, 0.05) is 16.4 Å². The zero-order valence-electron chi connectivity index (χ0n) is 13.5. The number of nitriles is 1. The van der Waals surface area contributed by atoms with Crippen molar-refractivity contribution >= 4 is 29.2 Å². The molecule has 0 bridgehead atoms. The predicted octanol–water partition coefficient (Wildman–Crippen LogP) is 3.08. The van der Waals surface area contributed by atoms with Crippen molar-refractivity contribution in [1.82, 2.24) is 0 Å². The van der Waals surface area contributed by atoms with Crippen LogP contribution in [-0.4, -0.2) is 29.8 Å². The summed E-state index contributed by atoms with van der Waals surface area (Å²) in [6.45, 7) is 5.01. The van der Waals surface area contributed by atoms with Crippen molar-refractivity contribution in [2.75, 3.05) is 12.4 Å². The molecule has 0 saturated carbocycles. The van der Waals surface area contributed by atoms with Crippen molar-refractivity contribution in [1.29, 1.82) is 10.7 Å². The van der Waals surface area contributed by atoms with Crippen molar-refractivity contribution in [3.8, 4) is 6.07 Å². The second-order valence-electron chi connectivity index (χ2n) is 5.22. The largest absolute Gasteiger partial charge is 0.458 e. The maximum Gasteiger partial charge on any atom is 0.307 e. The third-order valence-electron chi connectivity index (χ3n) is 3.31. The number of carbonyl (C=O) groups excluding carboxylic acids is 2. The normalized spacial score (nSPS) is 11.4. The first kappa shape index (κ1) is 18.9. The Morgan fingerprint density at radius 3 is 2.61 bits per heavy atom. The van der Waals surface area contributed by atoms with E-state index in [0.29, 0.717) is 5.75 Å². The first-order valence-electron chi connectivity index (χ1n) is 7.18. The molecule has 0 aliphatic heterocycles. The highest BCUT2D eigenvalue weighted by atomic mass is 32.2. The molecule has 23 heavy (non-hydrogen) atoms. The SMILES string of the molecule is CC(=N)[C@H](C#N)C(=O)COC(=O)CCSc1ccc(C)c(C)c1. The number of Topliss-reactive ketones (excluding diaryl/α,β-unsaturated/α-hetero) is 1. The molecule has 6 heteroatoms. The summed E-state index contributed by atoms with van der Waals surface area (Å²) in [4.78, 5) is 24.3. The second-order valence-corrected chi connectivity index (χ2v) is 6.38. The number of aryl methyl sites for hydroxylation is 2. The number of nitrogens with zero attached hydrogens (tertiary/aromatic N) is 1. The fraction of sp³-hybridized carbons (Fsp3) is 0.412. The molecule has 1 aromatic rings. The van der Waals surface area contributed by atoms with Gasteiger partial charge in [-0.15, -0.1) is 11.8 Å². The van der Waals surface area contributed by atoms with E-state index in [0.717, 1.165) is 4.90 Å². The zero-order chi connectivity index (χ0) is 17.4. The fourth-order valence-corrected chi connectivity index (χ4v) is 2.70. The summed E-state index contributed by atoms with van der Waals surface area (Å²) in [7, 11) is 0. The number of nitrogens with one attached hydrogen (secondary N) is 1. The smallest absolute Gasteiger partial charge is 0.307 e. The van der Waals surface area contributed by atoms with Crippen LogP contribution in [0.3, 0.4) is 0 Å². The Morgan fingerprint density at radius 2 is 2.04 bits per heavy atom. The summed E-state index contributed by atoms with van der Waals surface area (Å²) in [6, 6.07) is 7.84. The molecular weight excluding hydrogens is 312 g/mol. The van der Waals surface area contributed by atoms with Crippen molar-refractivity contribution in [3.05, 3.63) is 29.3 Å². The van der Waals surface area contributed by atoms with Crippen LogP contribution in [0.4, 0.5) is 0 Å². The van der Waals surface area contributed by atoms with E-state index >= 15 is 0 Å². The van der Waals surface area contributed by atoms with Gasteiger partial charge in [0.25, 0.3) is 0 Å². The summed E-state index contributed by atoms with van der Waals surface area (Å²) < 4.78 is 4.87. The van der Waals surface area contributed by atoms with E-state index < -0.39 is 24.3 Å². The summed E-state index contributed by atoms with van der Waals surface area (Å²) in [6.07, 6.45) is 0.186. The average molecular weight is 332 g/mol. The van der Waals surface area contributed by atoms with Crippen LogP contribution in [0, 0.1) is 36.5 Å². The standard InChI is InChI=1S/C17H20N2O3S/c1-11-4-5-14(8-12(11)2)23-7-6-17(21)22-10-16(20)15(9-18)13(3)19/h4-5,8,15,19H,6-7,10H2,1-3H3/t15-/m0/s1. The molecule has 1 atom stereocenters. The molecule has 0 aromatic heterocycles. The van der Waals surface area contributed by atoms with Crippen molar-refractivity contribution in [2.45, 2.75) is 32.1 Å². The van der Waals surface area contributed by atoms with E-state index in [2.05, 4.69) is 6.07 Å². The van der Waals surface area contributed by atoms with Crippen LogP contribution >= 0.6 is 11.8 Å². The van der Waals surface area contributed by atoms with Gasteiger partial charge in [-0.1, -0.05) is 6.07 Å². The zero-order valence-corrected chi connectivity index (χ0v) is 14.3. The predicted molar refractivity (Wildman–Crippen MR) is 89.7 cm³/mol. The maximum atomic E-state index is 11.6. The topological polar surface area (TPSA) is 91.0 Å². The molecular formula is C17H20N2O3S. The third kappa shape index (κ3) is 6.25. The highest BCUT2D eigenvalue weighted by Crippen LogP contribution is 2.21. The monoisotopic (exact) mass is 332 g/mol. The Bertz CT molecular complexity index is 650. The van der Waals surface area contributed by atoms with E-state index in [9.17, 15) is 9.59 Å². The first-order chi connectivity index (χ1) is 10.8. The molecule has 0 aliphatic rings. The lowest BCUT2D eigenvalue weighted by molar-refractivity contribution is -0.147. The van der Waals surface area contributed by atoms with Gasteiger partial charge in [0.1, 0.15) is 5.92 Å². The van der Waals surface area contributed by atoms with E-state index in [1.54, 1.807) is 17.8 Å². The van der Waals surface area contributed by atoms with Crippen LogP contribution in [0.5, 0.6) is 0 Å². The van der Waals surface area contributed by atoms with Gasteiger partial charge in [0.2, 0.25) is 0 Å². The van der Waals surface area contributed by atoms with Gasteiger partial charge in [0.15, 0.2) is 12.4 Å². The van der Waals surface area contributed by atoms with E-state index in [1.165, 1.54) is 18.1 Å². The van der Waals surface area contributed by atoms with Crippen LogP contribution < -0.4 is 0 Å². The maximum absolute atomic E-state index is 11.6. The first-order valence-corrected chi connectivity index (χ1v) is 8.16. The van der Waals surface area contributed by atoms with E-state index in [1.807, 2.05) is 26.0 Å². The van der Waals surface area contributed by atoms with E-state index in [4.69, 9.17) is 15.4 Å². The summed E-state index contributed by atoms with van der Waals surface area (Å²) in [5, 5.41) is 16.1. The lowest BCUT2D eigenvalue weighted by Gasteiger charge is -2.08. The Kier molecular flexibility index (Phi) is 7.49. The second kappa shape index (κ2) is 9.11. The number of rotatable bonds is 8. The van der Waals surface area contributed by atoms with Crippen LogP contribution in [0.1, 0.15) is 24.5 Å².